The van der Waals surface area contributed by atoms with Crippen LogP contribution in [0.3, 0.4) is 0 Å². The molecule has 0 aliphatic heterocycles. The lowest BCUT2D eigenvalue weighted by Gasteiger charge is -2.11. The van der Waals surface area contributed by atoms with Crippen LogP contribution in [-0.2, 0) is 0 Å². The number of benzene rings is 1. The largest absolute Gasteiger partial charge is 0.343 e. The standard InChI is InChI=1S/C14H15ClN2S/c1-8(2)12-9(3)16-13(17-14(12)18)10-4-6-11(15)7-5-10/h4-8H,1-3H3,(H,16,17,18). The quantitative estimate of drug-likeness (QED) is 0.792. The zero-order chi connectivity index (χ0) is 13.3. The Morgan fingerprint density at radius 1 is 1.22 bits per heavy atom. The molecule has 0 saturated heterocycles. The number of nitrogens with one attached hydrogen (secondary N) is 1. The predicted molar refractivity (Wildman–Crippen MR) is 78.7 cm³/mol. The van der Waals surface area contributed by atoms with Gasteiger partial charge in [0, 0.05) is 21.8 Å². The molecule has 0 atom stereocenters. The molecule has 0 bridgehead atoms. The third-order valence-corrected chi connectivity index (χ3v) is 3.41. The Morgan fingerprint density at radius 3 is 2.33 bits per heavy atom. The van der Waals surface area contributed by atoms with Crippen LogP contribution in [0.5, 0.6) is 0 Å². The van der Waals surface area contributed by atoms with Gasteiger partial charge in [0.1, 0.15) is 10.5 Å². The predicted octanol–water partition coefficient (Wildman–Crippen LogP) is 4.89. The molecule has 18 heavy (non-hydrogen) atoms. The zero-order valence-electron chi connectivity index (χ0n) is 10.6. The second kappa shape index (κ2) is 5.21. The van der Waals surface area contributed by atoms with Crippen molar-refractivity contribution in [3.8, 4) is 11.4 Å². The van der Waals surface area contributed by atoms with Crippen LogP contribution in [-0.4, -0.2) is 9.97 Å². The van der Waals surface area contributed by atoms with E-state index in [1.165, 1.54) is 0 Å². The van der Waals surface area contributed by atoms with Gasteiger partial charge in [-0.15, -0.1) is 0 Å². The highest BCUT2D eigenvalue weighted by Gasteiger charge is 2.10. The van der Waals surface area contributed by atoms with Crippen LogP contribution in [0.1, 0.15) is 31.0 Å². The van der Waals surface area contributed by atoms with E-state index in [-0.39, 0.29) is 0 Å². The molecule has 0 aliphatic rings. The Bertz CT molecular complexity index is 615. The molecule has 94 valence electrons. The summed E-state index contributed by atoms with van der Waals surface area (Å²) in [5.74, 6) is 1.17. The van der Waals surface area contributed by atoms with Gasteiger partial charge in [-0.1, -0.05) is 37.7 Å². The first-order chi connectivity index (χ1) is 8.49. The fourth-order valence-electron chi connectivity index (χ4n) is 2.02. The molecule has 0 spiro atoms. The third kappa shape index (κ3) is 2.62. The van der Waals surface area contributed by atoms with Crippen LogP contribution in [0.2, 0.25) is 5.02 Å². The van der Waals surface area contributed by atoms with E-state index in [1.807, 2.05) is 31.2 Å². The molecular weight excluding hydrogens is 264 g/mol. The third-order valence-electron chi connectivity index (χ3n) is 2.85. The summed E-state index contributed by atoms with van der Waals surface area (Å²) in [4.78, 5) is 7.78. The van der Waals surface area contributed by atoms with E-state index in [9.17, 15) is 0 Å². The van der Waals surface area contributed by atoms with Gasteiger partial charge in [-0.05, 0) is 37.1 Å². The van der Waals surface area contributed by atoms with Gasteiger partial charge in [0.05, 0.1) is 0 Å². The summed E-state index contributed by atoms with van der Waals surface area (Å²) >= 11 is 11.2. The van der Waals surface area contributed by atoms with Crippen molar-refractivity contribution < 1.29 is 0 Å². The number of nitrogens with zero attached hydrogens (tertiary/aromatic N) is 1. The lowest BCUT2D eigenvalue weighted by molar-refractivity contribution is 0.825. The van der Waals surface area contributed by atoms with Crippen molar-refractivity contribution in [2.75, 3.05) is 0 Å². The van der Waals surface area contributed by atoms with E-state index >= 15 is 0 Å². The monoisotopic (exact) mass is 278 g/mol. The van der Waals surface area contributed by atoms with Crippen LogP contribution in [0, 0.1) is 11.6 Å². The Kier molecular flexibility index (Phi) is 3.83. The molecule has 2 aromatic rings. The Labute approximate surface area is 117 Å². The molecule has 2 rings (SSSR count). The smallest absolute Gasteiger partial charge is 0.139 e. The van der Waals surface area contributed by atoms with E-state index in [2.05, 4.69) is 23.8 Å². The van der Waals surface area contributed by atoms with E-state index in [1.54, 1.807) is 0 Å². The first kappa shape index (κ1) is 13.2. The molecule has 1 heterocycles. The fourth-order valence-corrected chi connectivity index (χ4v) is 2.63. The van der Waals surface area contributed by atoms with Gasteiger partial charge in [-0.25, -0.2) is 4.98 Å². The van der Waals surface area contributed by atoms with Crippen molar-refractivity contribution >= 4 is 23.8 Å². The molecule has 2 nitrogen and oxygen atoms in total. The number of aromatic amines is 1. The Balaban J connectivity index is 2.55. The van der Waals surface area contributed by atoms with Crippen LogP contribution < -0.4 is 0 Å². The van der Waals surface area contributed by atoms with Gasteiger partial charge in [0.25, 0.3) is 0 Å². The summed E-state index contributed by atoms with van der Waals surface area (Å²) in [7, 11) is 0. The second-order valence-electron chi connectivity index (χ2n) is 4.59. The average molecular weight is 279 g/mol. The molecule has 0 radical (unpaired) electrons. The summed E-state index contributed by atoms with van der Waals surface area (Å²) in [6, 6.07) is 7.57. The number of hydrogen-bond donors (Lipinski definition) is 1. The maximum atomic E-state index is 5.88. The molecule has 4 heteroatoms. The second-order valence-corrected chi connectivity index (χ2v) is 5.41. The Morgan fingerprint density at radius 2 is 1.83 bits per heavy atom. The van der Waals surface area contributed by atoms with E-state index in [4.69, 9.17) is 23.8 Å². The Hall–Kier alpha value is -1.19. The summed E-state index contributed by atoms with van der Waals surface area (Å²) in [6.07, 6.45) is 0. The van der Waals surface area contributed by atoms with Gasteiger partial charge in [0.2, 0.25) is 0 Å². The van der Waals surface area contributed by atoms with Crippen LogP contribution in [0.15, 0.2) is 24.3 Å². The number of rotatable bonds is 2. The summed E-state index contributed by atoms with van der Waals surface area (Å²) < 4.78 is 0.672. The first-order valence-corrected chi connectivity index (χ1v) is 6.64. The lowest BCUT2D eigenvalue weighted by atomic mass is 10.0. The van der Waals surface area contributed by atoms with Crippen LogP contribution in [0.4, 0.5) is 0 Å². The maximum absolute atomic E-state index is 5.88. The topological polar surface area (TPSA) is 28.7 Å². The van der Waals surface area contributed by atoms with Gasteiger partial charge in [-0.3, -0.25) is 0 Å². The molecule has 0 amide bonds. The van der Waals surface area contributed by atoms with Crippen molar-refractivity contribution in [2.45, 2.75) is 26.7 Å². The van der Waals surface area contributed by atoms with E-state index < -0.39 is 0 Å². The van der Waals surface area contributed by atoms with Crippen molar-refractivity contribution in [1.82, 2.24) is 9.97 Å². The highest BCUT2D eigenvalue weighted by Crippen LogP contribution is 2.23. The molecule has 1 aromatic carbocycles. The number of halogens is 1. The van der Waals surface area contributed by atoms with Crippen molar-refractivity contribution in [3.63, 3.8) is 0 Å². The maximum Gasteiger partial charge on any atom is 0.139 e. The summed E-state index contributed by atoms with van der Waals surface area (Å²) in [6.45, 7) is 6.28. The number of aryl methyl sites for hydroxylation is 1. The van der Waals surface area contributed by atoms with Gasteiger partial charge >= 0.3 is 0 Å². The molecular formula is C14H15ClN2S. The van der Waals surface area contributed by atoms with Gasteiger partial charge in [0.15, 0.2) is 0 Å². The molecule has 1 aromatic heterocycles. The molecule has 1 N–H and O–H groups in total. The average Bonchev–Trinajstić information content (AvgIpc) is 2.28. The molecule has 0 aliphatic carbocycles. The minimum Gasteiger partial charge on any atom is -0.343 e. The number of H-pyrrole nitrogens is 1. The number of hydrogen-bond acceptors (Lipinski definition) is 2. The lowest BCUT2D eigenvalue weighted by Crippen LogP contribution is -2.01. The molecule has 0 unspecified atom stereocenters. The minimum atomic E-state index is 0.375. The van der Waals surface area contributed by atoms with Gasteiger partial charge in [-0.2, -0.15) is 0 Å². The van der Waals surface area contributed by atoms with Crippen LogP contribution >= 0.6 is 23.8 Å². The molecule has 0 saturated carbocycles. The van der Waals surface area contributed by atoms with Crippen LogP contribution in [0.25, 0.3) is 11.4 Å². The van der Waals surface area contributed by atoms with Gasteiger partial charge < -0.3 is 4.98 Å². The fraction of sp³-hybridized carbons (Fsp3) is 0.286. The molecule has 0 fully saturated rings. The first-order valence-electron chi connectivity index (χ1n) is 5.86. The summed E-state index contributed by atoms with van der Waals surface area (Å²) in [5, 5.41) is 0.716. The minimum absolute atomic E-state index is 0.375. The highest BCUT2D eigenvalue weighted by molar-refractivity contribution is 7.71. The number of aromatic nitrogens is 2. The van der Waals surface area contributed by atoms with E-state index in [0.29, 0.717) is 15.6 Å². The van der Waals surface area contributed by atoms with Crippen molar-refractivity contribution in [2.24, 2.45) is 0 Å². The van der Waals surface area contributed by atoms with Crippen molar-refractivity contribution in [1.29, 1.82) is 0 Å². The normalized spacial score (nSPS) is 10.9. The summed E-state index contributed by atoms with van der Waals surface area (Å²) in [5.41, 5.74) is 3.18. The highest BCUT2D eigenvalue weighted by atomic mass is 35.5. The van der Waals surface area contributed by atoms with Crippen molar-refractivity contribution in [3.05, 3.63) is 45.2 Å². The van der Waals surface area contributed by atoms with E-state index in [0.717, 1.165) is 22.6 Å². The zero-order valence-corrected chi connectivity index (χ0v) is 12.2. The SMILES string of the molecule is Cc1[nH]c(-c2ccc(Cl)cc2)nc(=S)c1C(C)C.